The molecule has 0 saturated carbocycles. The lowest BCUT2D eigenvalue weighted by Gasteiger charge is -2.14. The van der Waals surface area contributed by atoms with Crippen LogP contribution in [0, 0.1) is 0 Å². The van der Waals surface area contributed by atoms with Gasteiger partial charge in [-0.15, -0.1) is 0 Å². The van der Waals surface area contributed by atoms with E-state index in [1.165, 1.54) is 49.7 Å². The fourth-order valence-corrected chi connectivity index (χ4v) is 3.46. The number of fused-ring (bicyclic) bond motifs is 1. The quantitative estimate of drug-likeness (QED) is 0.563. The first-order valence-corrected chi connectivity index (χ1v) is 10.1. The summed E-state index contributed by atoms with van der Waals surface area (Å²) in [5.41, 5.74) is 1.48. The van der Waals surface area contributed by atoms with Crippen LogP contribution in [0.25, 0.3) is 11.1 Å². The Morgan fingerprint density at radius 1 is 1.10 bits per heavy atom. The first-order valence-electron chi connectivity index (χ1n) is 8.64. The van der Waals surface area contributed by atoms with Gasteiger partial charge in [-0.2, -0.15) is 0 Å². The van der Waals surface area contributed by atoms with Crippen LogP contribution < -0.4 is 10.0 Å². The summed E-state index contributed by atoms with van der Waals surface area (Å²) in [5, 5.41) is 2.52. The molecule has 30 heavy (non-hydrogen) atoms. The van der Waals surface area contributed by atoms with Crippen LogP contribution in [-0.2, 0) is 24.3 Å². The smallest absolute Gasteiger partial charge is 0.339 e. The van der Waals surface area contributed by atoms with E-state index in [2.05, 4.69) is 10.3 Å². The van der Waals surface area contributed by atoms with E-state index in [1.54, 1.807) is 6.07 Å². The van der Waals surface area contributed by atoms with Crippen LogP contribution >= 0.6 is 0 Å². The molecule has 2 aromatic carbocycles. The lowest BCUT2D eigenvalue weighted by atomic mass is 10.2. The van der Waals surface area contributed by atoms with Crippen molar-refractivity contribution in [1.82, 2.24) is 9.71 Å². The summed E-state index contributed by atoms with van der Waals surface area (Å²) < 4.78 is 36.0. The van der Waals surface area contributed by atoms with Crippen LogP contribution in [0.5, 0.6) is 0 Å². The lowest BCUT2D eigenvalue weighted by Crippen LogP contribution is -2.30. The maximum Gasteiger partial charge on any atom is 0.339 e. The second-order valence-corrected chi connectivity index (χ2v) is 7.94. The highest BCUT2D eigenvalue weighted by molar-refractivity contribution is 7.90. The number of carbonyl (C=O) groups is 3. The third kappa shape index (κ3) is 4.81. The van der Waals surface area contributed by atoms with Crippen molar-refractivity contribution in [3.05, 3.63) is 54.4 Å². The van der Waals surface area contributed by atoms with E-state index in [1.807, 2.05) is 4.72 Å². The normalized spacial score (nSPS) is 12.2. The number of nitrogens with one attached hydrogen (secondary N) is 2. The number of esters is 1. The number of benzene rings is 2. The zero-order valence-corrected chi connectivity index (χ0v) is 16.7. The number of hydrogen-bond acceptors (Lipinski definition) is 8. The summed E-state index contributed by atoms with van der Waals surface area (Å²) in [6.07, 6.45) is 0.133. The zero-order chi connectivity index (χ0) is 21.9. The molecule has 3 rings (SSSR count). The standard InChI is InChI=1S/C19H17N3O7S/c1-11(29-19(25)13-3-8-16-17(9-13)28-10-20-16)18(24)21-14-4-6-15(7-5-14)30(26,27)22-12(2)23/h3-11H,1-2H3,(H,21,24)(H,22,23). The van der Waals surface area contributed by atoms with Gasteiger partial charge in [-0.25, -0.2) is 22.9 Å². The third-order valence-electron chi connectivity index (χ3n) is 3.93. The van der Waals surface area contributed by atoms with Crippen LogP contribution in [0.3, 0.4) is 0 Å². The molecular formula is C19H17N3O7S. The average Bonchev–Trinajstić information content (AvgIpc) is 3.15. The summed E-state index contributed by atoms with van der Waals surface area (Å²) in [4.78, 5) is 39.3. The van der Waals surface area contributed by atoms with E-state index in [0.717, 1.165) is 6.92 Å². The van der Waals surface area contributed by atoms with Gasteiger partial charge in [0.05, 0.1) is 10.5 Å². The Labute approximate surface area is 171 Å². The second kappa shape index (κ2) is 8.33. The molecule has 156 valence electrons. The van der Waals surface area contributed by atoms with Crippen LogP contribution in [0.15, 0.2) is 58.2 Å². The van der Waals surface area contributed by atoms with E-state index in [4.69, 9.17) is 9.15 Å². The minimum atomic E-state index is -3.97. The Bertz CT molecular complexity index is 1220. The number of carbonyl (C=O) groups excluding carboxylic acids is 3. The Morgan fingerprint density at radius 2 is 1.80 bits per heavy atom. The maximum atomic E-state index is 12.3. The number of sulfonamides is 1. The summed E-state index contributed by atoms with van der Waals surface area (Å²) in [6, 6.07) is 9.71. The molecule has 0 saturated heterocycles. The molecular weight excluding hydrogens is 414 g/mol. The predicted molar refractivity (Wildman–Crippen MR) is 105 cm³/mol. The number of nitrogens with zero attached hydrogens (tertiary/aromatic N) is 1. The van der Waals surface area contributed by atoms with Crippen LogP contribution in [0.2, 0.25) is 0 Å². The third-order valence-corrected chi connectivity index (χ3v) is 5.38. The summed E-state index contributed by atoms with van der Waals surface area (Å²) in [7, 11) is -3.97. The Kier molecular flexibility index (Phi) is 5.83. The Balaban J connectivity index is 1.62. The zero-order valence-electron chi connectivity index (χ0n) is 15.9. The molecule has 0 bridgehead atoms. The van der Waals surface area contributed by atoms with Crippen LogP contribution in [0.1, 0.15) is 24.2 Å². The number of hydrogen-bond donors (Lipinski definition) is 2. The van der Waals surface area contributed by atoms with Gasteiger partial charge < -0.3 is 14.5 Å². The first-order chi connectivity index (χ1) is 14.2. The largest absolute Gasteiger partial charge is 0.449 e. The van der Waals surface area contributed by atoms with E-state index in [9.17, 15) is 22.8 Å². The minimum absolute atomic E-state index is 0.141. The molecule has 3 aromatic rings. The van der Waals surface area contributed by atoms with Gasteiger partial charge in [-0.05, 0) is 49.4 Å². The van der Waals surface area contributed by atoms with Gasteiger partial charge in [-0.1, -0.05) is 0 Å². The molecule has 10 nitrogen and oxygen atoms in total. The van der Waals surface area contributed by atoms with Gasteiger partial charge in [0.1, 0.15) is 5.52 Å². The van der Waals surface area contributed by atoms with E-state index in [-0.39, 0.29) is 16.1 Å². The molecule has 1 aromatic heterocycles. The van der Waals surface area contributed by atoms with Crippen molar-refractivity contribution in [3.8, 4) is 0 Å². The van der Waals surface area contributed by atoms with Crippen molar-refractivity contribution in [1.29, 1.82) is 0 Å². The monoisotopic (exact) mass is 431 g/mol. The highest BCUT2D eigenvalue weighted by Gasteiger charge is 2.20. The van der Waals surface area contributed by atoms with Gasteiger partial charge in [0.25, 0.3) is 15.9 Å². The summed E-state index contributed by atoms with van der Waals surface area (Å²) >= 11 is 0. The van der Waals surface area contributed by atoms with Crippen molar-refractivity contribution >= 4 is 44.6 Å². The Morgan fingerprint density at radius 3 is 2.47 bits per heavy atom. The van der Waals surface area contributed by atoms with E-state index in [0.29, 0.717) is 11.1 Å². The molecule has 11 heteroatoms. The second-order valence-electron chi connectivity index (χ2n) is 6.26. The molecule has 1 heterocycles. The van der Waals surface area contributed by atoms with Gasteiger partial charge in [0, 0.05) is 12.6 Å². The van der Waals surface area contributed by atoms with E-state index < -0.39 is 33.9 Å². The maximum absolute atomic E-state index is 12.3. The molecule has 0 aliphatic heterocycles. The molecule has 0 aliphatic carbocycles. The lowest BCUT2D eigenvalue weighted by molar-refractivity contribution is -0.123. The number of ether oxygens (including phenoxy) is 1. The van der Waals surface area contributed by atoms with Crippen molar-refractivity contribution < 1.29 is 32.0 Å². The van der Waals surface area contributed by atoms with Gasteiger partial charge in [0.15, 0.2) is 18.1 Å². The minimum Gasteiger partial charge on any atom is -0.449 e. The fraction of sp³-hybridized carbons (Fsp3) is 0.158. The molecule has 1 atom stereocenters. The average molecular weight is 431 g/mol. The number of amides is 2. The number of aromatic nitrogens is 1. The van der Waals surface area contributed by atoms with Gasteiger partial charge in [-0.3, -0.25) is 9.59 Å². The summed E-state index contributed by atoms with van der Waals surface area (Å²) in [5.74, 6) is -2.04. The molecule has 0 spiro atoms. The van der Waals surface area contributed by atoms with Crippen molar-refractivity contribution in [2.24, 2.45) is 0 Å². The molecule has 2 amide bonds. The van der Waals surface area contributed by atoms with Crippen LogP contribution in [-0.4, -0.2) is 37.3 Å². The molecule has 0 radical (unpaired) electrons. The number of rotatable bonds is 6. The van der Waals surface area contributed by atoms with E-state index >= 15 is 0 Å². The fourth-order valence-electron chi connectivity index (χ4n) is 2.47. The van der Waals surface area contributed by atoms with Crippen LogP contribution in [0.4, 0.5) is 5.69 Å². The molecule has 0 aliphatic rings. The van der Waals surface area contributed by atoms with Crippen molar-refractivity contribution in [3.63, 3.8) is 0 Å². The highest BCUT2D eigenvalue weighted by atomic mass is 32.2. The molecule has 2 N–H and O–H groups in total. The topological polar surface area (TPSA) is 145 Å². The van der Waals surface area contributed by atoms with Crippen molar-refractivity contribution in [2.45, 2.75) is 24.8 Å². The number of anilines is 1. The molecule has 0 fully saturated rings. The predicted octanol–water partition coefficient (Wildman–Crippen LogP) is 1.84. The summed E-state index contributed by atoms with van der Waals surface area (Å²) in [6.45, 7) is 2.48. The molecule has 1 unspecified atom stereocenters. The SMILES string of the molecule is CC(=O)NS(=O)(=O)c1ccc(NC(=O)C(C)OC(=O)c2ccc3ncoc3c2)cc1. The first kappa shape index (κ1) is 21.0. The van der Waals surface area contributed by atoms with Gasteiger partial charge in [0.2, 0.25) is 5.91 Å². The number of oxazole rings is 1. The van der Waals surface area contributed by atoms with Gasteiger partial charge >= 0.3 is 5.97 Å². The Hall–Kier alpha value is -3.73. The highest BCUT2D eigenvalue weighted by Crippen LogP contribution is 2.17. The van der Waals surface area contributed by atoms with Crippen molar-refractivity contribution in [2.75, 3.05) is 5.32 Å².